The van der Waals surface area contributed by atoms with Crippen molar-refractivity contribution in [3.8, 4) is 0 Å². The third kappa shape index (κ3) is 5.15. The number of nitrogens with one attached hydrogen (secondary N) is 1. The van der Waals surface area contributed by atoms with Crippen molar-refractivity contribution in [2.75, 3.05) is 37.0 Å². The summed E-state index contributed by atoms with van der Waals surface area (Å²) in [6, 6.07) is 2.64. The van der Waals surface area contributed by atoms with Gasteiger partial charge in [-0.25, -0.2) is 9.97 Å². The van der Waals surface area contributed by atoms with Gasteiger partial charge in [0.15, 0.2) is 0 Å². The maximum Gasteiger partial charge on any atom is 0.129 e. The molecule has 1 N–H and O–H groups in total. The average molecular weight is 308 g/mol. The highest BCUT2D eigenvalue weighted by atomic mass is 32.2. The predicted molar refractivity (Wildman–Crippen MR) is 92.2 cm³/mol. The van der Waals surface area contributed by atoms with Crippen LogP contribution < -0.4 is 5.32 Å². The van der Waals surface area contributed by atoms with Crippen molar-refractivity contribution in [2.45, 2.75) is 45.1 Å². The minimum Gasteiger partial charge on any atom is -0.367 e. The van der Waals surface area contributed by atoms with Gasteiger partial charge in [0.1, 0.15) is 12.1 Å². The van der Waals surface area contributed by atoms with Crippen molar-refractivity contribution in [2.24, 2.45) is 0 Å². The van der Waals surface area contributed by atoms with Crippen molar-refractivity contribution in [1.82, 2.24) is 14.9 Å². The highest BCUT2D eigenvalue weighted by Crippen LogP contribution is 2.22. The number of anilines is 1. The molecule has 1 saturated heterocycles. The van der Waals surface area contributed by atoms with Gasteiger partial charge >= 0.3 is 0 Å². The number of nitrogens with zero attached hydrogens (tertiary/aromatic N) is 3. The van der Waals surface area contributed by atoms with E-state index in [0.29, 0.717) is 6.04 Å². The summed E-state index contributed by atoms with van der Waals surface area (Å²) in [7, 11) is 0. The van der Waals surface area contributed by atoms with Crippen molar-refractivity contribution < 1.29 is 0 Å². The monoisotopic (exact) mass is 308 g/mol. The number of hydrogen-bond acceptors (Lipinski definition) is 5. The lowest BCUT2D eigenvalue weighted by molar-refractivity contribution is 0.231. The highest BCUT2D eigenvalue weighted by molar-refractivity contribution is 7.98. The van der Waals surface area contributed by atoms with Gasteiger partial charge in [-0.2, -0.15) is 11.8 Å². The van der Waals surface area contributed by atoms with E-state index >= 15 is 0 Å². The van der Waals surface area contributed by atoms with E-state index in [1.807, 2.05) is 11.8 Å². The fourth-order valence-electron chi connectivity index (χ4n) is 2.58. The SMILES string of the molecule is CSCCN1CCC(Nc2cc(C(C)(C)C)ncn2)CC1. The molecule has 0 radical (unpaired) electrons. The molecule has 0 aliphatic carbocycles. The molecule has 0 amide bonds. The summed E-state index contributed by atoms with van der Waals surface area (Å²) >= 11 is 1.93. The van der Waals surface area contributed by atoms with E-state index in [2.05, 4.69) is 53.3 Å². The number of thioether (sulfide) groups is 1. The molecule has 0 atom stereocenters. The summed E-state index contributed by atoms with van der Waals surface area (Å²) in [6.45, 7) is 10.1. The first-order chi connectivity index (χ1) is 9.99. The van der Waals surface area contributed by atoms with Gasteiger partial charge in [-0.15, -0.1) is 0 Å². The van der Waals surface area contributed by atoms with Crippen LogP contribution in [0.15, 0.2) is 12.4 Å². The molecule has 0 spiro atoms. The first kappa shape index (κ1) is 16.6. The van der Waals surface area contributed by atoms with Gasteiger partial charge in [-0.3, -0.25) is 0 Å². The molecule has 0 saturated carbocycles. The Morgan fingerprint density at radius 1 is 1.29 bits per heavy atom. The number of hydrogen-bond donors (Lipinski definition) is 1. The van der Waals surface area contributed by atoms with E-state index in [-0.39, 0.29) is 5.41 Å². The highest BCUT2D eigenvalue weighted by Gasteiger charge is 2.20. The summed E-state index contributed by atoms with van der Waals surface area (Å²) in [5, 5.41) is 3.59. The second kappa shape index (κ2) is 7.45. The summed E-state index contributed by atoms with van der Waals surface area (Å²) in [5.41, 5.74) is 1.16. The average Bonchev–Trinajstić information content (AvgIpc) is 2.46. The number of likely N-dealkylation sites (tertiary alicyclic amines) is 1. The van der Waals surface area contributed by atoms with Crippen LogP contribution in [0.2, 0.25) is 0 Å². The summed E-state index contributed by atoms with van der Waals surface area (Å²) < 4.78 is 0. The normalized spacial score (nSPS) is 17.9. The number of rotatable bonds is 5. The van der Waals surface area contributed by atoms with Gasteiger partial charge in [-0.1, -0.05) is 20.8 Å². The zero-order valence-electron chi connectivity index (χ0n) is 13.7. The molecule has 1 aromatic heterocycles. The number of aromatic nitrogens is 2. The summed E-state index contributed by atoms with van der Waals surface area (Å²) in [6.07, 6.45) is 6.25. The van der Waals surface area contributed by atoms with Crippen molar-refractivity contribution in [1.29, 1.82) is 0 Å². The Bertz CT molecular complexity index is 436. The fraction of sp³-hybridized carbons (Fsp3) is 0.750. The third-order valence-corrected chi connectivity index (χ3v) is 4.58. The van der Waals surface area contributed by atoms with E-state index in [1.165, 1.54) is 38.2 Å². The van der Waals surface area contributed by atoms with E-state index in [0.717, 1.165) is 11.5 Å². The Balaban J connectivity index is 1.86. The molecule has 2 heterocycles. The van der Waals surface area contributed by atoms with E-state index in [1.54, 1.807) is 6.33 Å². The van der Waals surface area contributed by atoms with Crippen molar-refractivity contribution in [3.05, 3.63) is 18.1 Å². The molecular formula is C16H28N4S. The first-order valence-corrected chi connectivity index (χ1v) is 9.19. The molecular weight excluding hydrogens is 280 g/mol. The standard InChI is InChI=1S/C16H28N4S/c1-16(2,3)14-11-15(18-12-17-14)19-13-5-7-20(8-6-13)9-10-21-4/h11-13H,5-10H2,1-4H3,(H,17,18,19). The van der Waals surface area contributed by atoms with E-state index < -0.39 is 0 Å². The quantitative estimate of drug-likeness (QED) is 0.905. The van der Waals surface area contributed by atoms with Gasteiger partial charge < -0.3 is 10.2 Å². The molecule has 1 fully saturated rings. The molecule has 21 heavy (non-hydrogen) atoms. The molecule has 2 rings (SSSR count). The lowest BCUT2D eigenvalue weighted by Crippen LogP contribution is -2.40. The third-order valence-electron chi connectivity index (χ3n) is 3.99. The minimum absolute atomic E-state index is 0.0700. The maximum absolute atomic E-state index is 4.39. The van der Waals surface area contributed by atoms with Gasteiger partial charge in [0.05, 0.1) is 5.69 Å². The van der Waals surface area contributed by atoms with Crippen LogP contribution in [0.25, 0.3) is 0 Å². The molecule has 1 aliphatic heterocycles. The largest absolute Gasteiger partial charge is 0.367 e. The summed E-state index contributed by atoms with van der Waals surface area (Å²) in [4.78, 5) is 11.3. The number of piperidine rings is 1. The second-order valence-electron chi connectivity index (χ2n) is 6.79. The Morgan fingerprint density at radius 2 is 2.00 bits per heavy atom. The van der Waals surface area contributed by atoms with Crippen LogP contribution in [-0.2, 0) is 5.41 Å². The molecule has 4 nitrogen and oxygen atoms in total. The van der Waals surface area contributed by atoms with Gasteiger partial charge in [0, 0.05) is 42.9 Å². The van der Waals surface area contributed by atoms with Crippen LogP contribution in [0.5, 0.6) is 0 Å². The first-order valence-electron chi connectivity index (χ1n) is 7.79. The Labute approximate surface area is 133 Å². The lowest BCUT2D eigenvalue weighted by atomic mass is 9.92. The Hall–Kier alpha value is -0.810. The van der Waals surface area contributed by atoms with Crippen LogP contribution >= 0.6 is 11.8 Å². The second-order valence-corrected chi connectivity index (χ2v) is 7.78. The van der Waals surface area contributed by atoms with E-state index in [4.69, 9.17) is 0 Å². The van der Waals surface area contributed by atoms with Crippen LogP contribution in [0.4, 0.5) is 5.82 Å². The van der Waals surface area contributed by atoms with Gasteiger partial charge in [0.2, 0.25) is 0 Å². The maximum atomic E-state index is 4.39. The Kier molecular flexibility index (Phi) is 5.88. The molecule has 0 bridgehead atoms. The lowest BCUT2D eigenvalue weighted by Gasteiger charge is -2.32. The predicted octanol–water partition coefficient (Wildman–Crippen LogP) is 3.01. The van der Waals surface area contributed by atoms with Crippen LogP contribution in [0.3, 0.4) is 0 Å². The molecule has 5 heteroatoms. The van der Waals surface area contributed by atoms with Crippen molar-refractivity contribution in [3.63, 3.8) is 0 Å². The fourth-order valence-corrected chi connectivity index (χ4v) is 3.02. The van der Waals surface area contributed by atoms with Crippen molar-refractivity contribution >= 4 is 17.6 Å². The van der Waals surface area contributed by atoms with Crippen LogP contribution in [0.1, 0.15) is 39.3 Å². The molecule has 0 unspecified atom stereocenters. The van der Waals surface area contributed by atoms with Crippen LogP contribution in [-0.4, -0.2) is 52.6 Å². The van der Waals surface area contributed by atoms with Gasteiger partial charge in [-0.05, 0) is 19.1 Å². The topological polar surface area (TPSA) is 41.0 Å². The zero-order chi connectivity index (χ0) is 15.3. The van der Waals surface area contributed by atoms with Gasteiger partial charge in [0.25, 0.3) is 0 Å². The van der Waals surface area contributed by atoms with Crippen LogP contribution in [0, 0.1) is 0 Å². The molecule has 1 aromatic rings. The summed E-state index contributed by atoms with van der Waals surface area (Å²) in [5.74, 6) is 2.20. The molecule has 118 valence electrons. The minimum atomic E-state index is 0.0700. The molecule has 0 aromatic carbocycles. The molecule has 1 aliphatic rings. The zero-order valence-corrected chi connectivity index (χ0v) is 14.5. The van der Waals surface area contributed by atoms with E-state index in [9.17, 15) is 0 Å². The smallest absolute Gasteiger partial charge is 0.129 e. The Morgan fingerprint density at radius 3 is 2.62 bits per heavy atom.